The van der Waals surface area contributed by atoms with Crippen LogP contribution in [0.2, 0.25) is 0 Å². The van der Waals surface area contributed by atoms with Gasteiger partial charge in [-0.3, -0.25) is 14.2 Å². The van der Waals surface area contributed by atoms with Crippen molar-refractivity contribution in [3.63, 3.8) is 0 Å². The SMILES string of the molecule is CC(C)Oc1ccc(-n2c(=O)ccc3cc(C(=O)n4cnc(N)n4)[nH]c32)cc1. The van der Waals surface area contributed by atoms with Gasteiger partial charge in [-0.2, -0.15) is 4.68 Å². The molecule has 4 aromatic rings. The van der Waals surface area contributed by atoms with Crippen LogP contribution in [0.15, 0.2) is 53.6 Å². The van der Waals surface area contributed by atoms with E-state index < -0.39 is 5.91 Å². The third-order valence-corrected chi connectivity index (χ3v) is 4.09. The minimum atomic E-state index is -0.430. The van der Waals surface area contributed by atoms with E-state index in [9.17, 15) is 9.59 Å². The van der Waals surface area contributed by atoms with E-state index in [1.807, 2.05) is 13.8 Å². The summed E-state index contributed by atoms with van der Waals surface area (Å²) in [6.07, 6.45) is 1.30. The molecule has 0 radical (unpaired) electrons. The van der Waals surface area contributed by atoms with Crippen LogP contribution in [0.4, 0.5) is 5.95 Å². The highest BCUT2D eigenvalue weighted by Gasteiger charge is 2.16. The Morgan fingerprint density at radius 1 is 1.18 bits per heavy atom. The molecule has 9 heteroatoms. The van der Waals surface area contributed by atoms with Crippen LogP contribution in [0, 0.1) is 0 Å². The number of nitrogens with one attached hydrogen (secondary N) is 1. The fourth-order valence-corrected chi connectivity index (χ4v) is 2.93. The molecule has 3 aromatic heterocycles. The Kier molecular flexibility index (Phi) is 4.19. The molecule has 3 heterocycles. The molecule has 142 valence electrons. The van der Waals surface area contributed by atoms with Gasteiger partial charge in [-0.1, -0.05) is 0 Å². The molecule has 0 spiro atoms. The number of carbonyl (C=O) groups excluding carboxylic acids is 1. The van der Waals surface area contributed by atoms with Crippen LogP contribution in [-0.2, 0) is 0 Å². The molecule has 0 saturated carbocycles. The lowest BCUT2D eigenvalue weighted by Crippen LogP contribution is -2.18. The van der Waals surface area contributed by atoms with Gasteiger partial charge in [0.15, 0.2) is 0 Å². The number of nitrogens with zero attached hydrogens (tertiary/aromatic N) is 4. The summed E-state index contributed by atoms with van der Waals surface area (Å²) in [5.41, 5.74) is 6.66. The van der Waals surface area contributed by atoms with Gasteiger partial charge in [-0.05, 0) is 50.2 Å². The van der Waals surface area contributed by atoms with Gasteiger partial charge in [-0.15, -0.1) is 5.10 Å². The molecule has 0 aliphatic carbocycles. The van der Waals surface area contributed by atoms with Crippen LogP contribution in [0.3, 0.4) is 0 Å². The number of aromatic nitrogens is 5. The Morgan fingerprint density at radius 2 is 1.93 bits per heavy atom. The summed E-state index contributed by atoms with van der Waals surface area (Å²) in [5.74, 6) is 0.287. The van der Waals surface area contributed by atoms with Crippen LogP contribution >= 0.6 is 0 Å². The van der Waals surface area contributed by atoms with Crippen molar-refractivity contribution < 1.29 is 9.53 Å². The maximum absolute atomic E-state index is 12.6. The van der Waals surface area contributed by atoms with E-state index in [2.05, 4.69) is 15.1 Å². The molecule has 0 amide bonds. The molecule has 0 bridgehead atoms. The zero-order valence-electron chi connectivity index (χ0n) is 15.3. The predicted octanol–water partition coefficient (Wildman–Crippen LogP) is 1.97. The van der Waals surface area contributed by atoms with Crippen molar-refractivity contribution in [1.29, 1.82) is 0 Å². The number of hydrogen-bond acceptors (Lipinski definition) is 6. The van der Waals surface area contributed by atoms with Crippen molar-refractivity contribution in [3.05, 3.63) is 64.8 Å². The number of pyridine rings is 1. The third-order valence-electron chi connectivity index (χ3n) is 4.09. The van der Waals surface area contributed by atoms with E-state index in [1.165, 1.54) is 17.0 Å². The first-order chi connectivity index (χ1) is 13.4. The van der Waals surface area contributed by atoms with Crippen molar-refractivity contribution in [1.82, 2.24) is 24.3 Å². The van der Waals surface area contributed by atoms with Crippen molar-refractivity contribution >= 4 is 22.9 Å². The first-order valence-electron chi connectivity index (χ1n) is 8.66. The molecule has 0 aliphatic rings. The molecular formula is C19H18N6O3. The number of aromatic amines is 1. The Bertz CT molecular complexity index is 1220. The highest BCUT2D eigenvalue weighted by atomic mass is 16.5. The molecule has 28 heavy (non-hydrogen) atoms. The first-order valence-corrected chi connectivity index (χ1v) is 8.66. The fraction of sp³-hybridized carbons (Fsp3) is 0.158. The van der Waals surface area contributed by atoms with E-state index in [-0.39, 0.29) is 23.3 Å². The minimum absolute atomic E-state index is 0.00470. The number of hydrogen-bond donors (Lipinski definition) is 2. The topological polar surface area (TPSA) is 121 Å². The summed E-state index contributed by atoms with van der Waals surface area (Å²) in [6, 6.07) is 11.9. The van der Waals surface area contributed by atoms with Crippen molar-refractivity contribution in [2.75, 3.05) is 5.73 Å². The van der Waals surface area contributed by atoms with Crippen LogP contribution in [-0.4, -0.2) is 36.3 Å². The van der Waals surface area contributed by atoms with Gasteiger partial charge in [0.1, 0.15) is 23.4 Å². The Hall–Kier alpha value is -3.88. The molecule has 0 aliphatic heterocycles. The summed E-state index contributed by atoms with van der Waals surface area (Å²) in [7, 11) is 0. The largest absolute Gasteiger partial charge is 0.491 e. The summed E-state index contributed by atoms with van der Waals surface area (Å²) in [4.78, 5) is 31.9. The van der Waals surface area contributed by atoms with Gasteiger partial charge in [0.25, 0.3) is 11.5 Å². The molecule has 3 N–H and O–H groups in total. The van der Waals surface area contributed by atoms with Crippen LogP contribution in [0.25, 0.3) is 16.7 Å². The zero-order chi connectivity index (χ0) is 19.8. The molecular weight excluding hydrogens is 360 g/mol. The number of fused-ring (bicyclic) bond motifs is 1. The number of ether oxygens (including phenoxy) is 1. The zero-order valence-corrected chi connectivity index (χ0v) is 15.3. The monoisotopic (exact) mass is 378 g/mol. The number of carbonyl (C=O) groups is 1. The summed E-state index contributed by atoms with van der Waals surface area (Å²) < 4.78 is 8.19. The highest BCUT2D eigenvalue weighted by molar-refractivity contribution is 5.98. The molecule has 0 saturated heterocycles. The summed E-state index contributed by atoms with van der Waals surface area (Å²) in [5, 5.41) is 4.53. The summed E-state index contributed by atoms with van der Waals surface area (Å²) >= 11 is 0. The number of nitrogen functional groups attached to an aromatic ring is 1. The Morgan fingerprint density at radius 3 is 2.57 bits per heavy atom. The average Bonchev–Trinajstić information content (AvgIpc) is 3.28. The standard InChI is InChI=1S/C19H18N6O3/c1-11(2)28-14-6-4-13(5-7-14)25-16(26)8-3-12-9-15(22-17(12)25)18(27)24-10-21-19(20)23-24/h3-11,22H,1-2H3,(H2,20,23). The van der Waals surface area contributed by atoms with E-state index in [0.29, 0.717) is 22.5 Å². The Balaban J connectivity index is 1.78. The number of anilines is 1. The van der Waals surface area contributed by atoms with Crippen molar-refractivity contribution in [3.8, 4) is 11.4 Å². The van der Waals surface area contributed by atoms with Crippen LogP contribution < -0.4 is 16.0 Å². The van der Waals surface area contributed by atoms with Gasteiger partial charge in [0.05, 0.1) is 11.8 Å². The van der Waals surface area contributed by atoms with Crippen molar-refractivity contribution in [2.24, 2.45) is 0 Å². The maximum atomic E-state index is 12.6. The average molecular weight is 378 g/mol. The molecule has 4 rings (SSSR count). The van der Waals surface area contributed by atoms with Crippen molar-refractivity contribution in [2.45, 2.75) is 20.0 Å². The second-order valence-electron chi connectivity index (χ2n) is 6.51. The second-order valence-corrected chi connectivity index (χ2v) is 6.51. The molecule has 1 aromatic carbocycles. The number of H-pyrrole nitrogens is 1. The predicted molar refractivity (Wildman–Crippen MR) is 104 cm³/mol. The van der Waals surface area contributed by atoms with Crippen LogP contribution in [0.1, 0.15) is 24.3 Å². The van der Waals surface area contributed by atoms with Gasteiger partial charge < -0.3 is 15.5 Å². The number of benzene rings is 1. The van der Waals surface area contributed by atoms with Crippen LogP contribution in [0.5, 0.6) is 5.75 Å². The fourth-order valence-electron chi connectivity index (χ4n) is 2.93. The van der Waals surface area contributed by atoms with E-state index in [0.717, 1.165) is 4.68 Å². The first kappa shape index (κ1) is 17.5. The molecule has 9 nitrogen and oxygen atoms in total. The van der Waals surface area contributed by atoms with Gasteiger partial charge >= 0.3 is 0 Å². The van der Waals surface area contributed by atoms with E-state index >= 15 is 0 Å². The van der Waals surface area contributed by atoms with Gasteiger partial charge in [-0.25, -0.2) is 4.98 Å². The number of nitrogens with two attached hydrogens (primary N) is 1. The third kappa shape index (κ3) is 3.13. The molecule has 0 unspecified atom stereocenters. The molecule has 0 fully saturated rings. The second kappa shape index (κ2) is 6.69. The Labute approximate surface area is 159 Å². The van der Waals surface area contributed by atoms with E-state index in [1.54, 1.807) is 36.4 Å². The lowest BCUT2D eigenvalue weighted by molar-refractivity contribution is 0.0940. The van der Waals surface area contributed by atoms with Gasteiger partial charge in [0.2, 0.25) is 5.95 Å². The highest BCUT2D eigenvalue weighted by Crippen LogP contribution is 2.20. The van der Waals surface area contributed by atoms with E-state index in [4.69, 9.17) is 10.5 Å². The minimum Gasteiger partial charge on any atom is -0.491 e. The quantitative estimate of drug-likeness (QED) is 0.560. The van der Waals surface area contributed by atoms with Gasteiger partial charge in [0, 0.05) is 11.5 Å². The lowest BCUT2D eigenvalue weighted by Gasteiger charge is -2.11. The smallest absolute Gasteiger partial charge is 0.296 e. The normalized spacial score (nSPS) is 11.2. The number of rotatable bonds is 4. The maximum Gasteiger partial charge on any atom is 0.296 e. The molecule has 0 atom stereocenters. The summed E-state index contributed by atoms with van der Waals surface area (Å²) in [6.45, 7) is 3.89. The lowest BCUT2D eigenvalue weighted by atomic mass is 10.2.